The summed E-state index contributed by atoms with van der Waals surface area (Å²) in [6.07, 6.45) is 1.83. The van der Waals surface area contributed by atoms with Crippen LogP contribution < -0.4 is 16.4 Å². The lowest BCUT2D eigenvalue weighted by atomic mass is 10.2. The van der Waals surface area contributed by atoms with E-state index in [4.69, 9.17) is 5.73 Å². The van der Waals surface area contributed by atoms with E-state index in [1.54, 1.807) is 12.1 Å². The quantitative estimate of drug-likeness (QED) is 0.593. The predicted molar refractivity (Wildman–Crippen MR) is 94.2 cm³/mol. The van der Waals surface area contributed by atoms with E-state index < -0.39 is 0 Å². The van der Waals surface area contributed by atoms with E-state index in [0.717, 1.165) is 4.47 Å². The van der Waals surface area contributed by atoms with Crippen LogP contribution in [0.4, 0.5) is 0 Å². The number of amides is 2. The molecule has 0 radical (unpaired) electrons. The lowest BCUT2D eigenvalue weighted by molar-refractivity contribution is -0.121. The van der Waals surface area contributed by atoms with Gasteiger partial charge in [-0.15, -0.1) is 12.4 Å². The van der Waals surface area contributed by atoms with Gasteiger partial charge in [0.1, 0.15) is 0 Å². The highest BCUT2D eigenvalue weighted by Gasteiger charge is 2.05. The highest BCUT2D eigenvalue weighted by Crippen LogP contribution is 2.11. The third-order valence-corrected chi connectivity index (χ3v) is 3.37. The molecule has 2 amide bonds. The summed E-state index contributed by atoms with van der Waals surface area (Å²) in [5.74, 6) is -0.106. The summed E-state index contributed by atoms with van der Waals surface area (Å²) in [4.78, 5) is 23.3. The number of benzene rings is 1. The summed E-state index contributed by atoms with van der Waals surface area (Å²) in [5, 5.41) is 5.63. The van der Waals surface area contributed by atoms with Crippen molar-refractivity contribution in [3.8, 4) is 0 Å². The minimum Gasteiger partial charge on any atom is -0.356 e. The van der Waals surface area contributed by atoms with Crippen molar-refractivity contribution in [1.82, 2.24) is 10.6 Å². The Morgan fingerprint density at radius 1 is 1.27 bits per heavy atom. The maximum absolute atomic E-state index is 11.8. The smallest absolute Gasteiger partial charge is 0.251 e. The molecule has 0 aromatic heterocycles. The van der Waals surface area contributed by atoms with Gasteiger partial charge < -0.3 is 16.4 Å². The number of hydrogen-bond donors (Lipinski definition) is 3. The van der Waals surface area contributed by atoms with Gasteiger partial charge in [-0.3, -0.25) is 9.59 Å². The Morgan fingerprint density at radius 3 is 2.59 bits per heavy atom. The van der Waals surface area contributed by atoms with Crippen molar-refractivity contribution in [1.29, 1.82) is 0 Å². The van der Waals surface area contributed by atoms with Gasteiger partial charge in [-0.25, -0.2) is 0 Å². The summed E-state index contributed by atoms with van der Waals surface area (Å²) in [5.41, 5.74) is 6.20. The molecule has 0 spiro atoms. The van der Waals surface area contributed by atoms with E-state index in [0.29, 0.717) is 37.9 Å². The Hall–Kier alpha value is -1.11. The van der Waals surface area contributed by atoms with E-state index >= 15 is 0 Å². The summed E-state index contributed by atoms with van der Waals surface area (Å²) in [6.45, 7) is 2.96. The largest absolute Gasteiger partial charge is 0.356 e. The third-order valence-electron chi connectivity index (χ3n) is 2.87. The fraction of sp³-hybridized carbons (Fsp3) is 0.467. The number of nitrogens with one attached hydrogen (secondary N) is 2. The highest BCUT2D eigenvalue weighted by molar-refractivity contribution is 9.10. The monoisotopic (exact) mass is 391 g/mol. The molecule has 0 bridgehead atoms. The lowest BCUT2D eigenvalue weighted by Gasteiger charge is -2.08. The molecule has 0 saturated carbocycles. The average molecular weight is 393 g/mol. The van der Waals surface area contributed by atoms with Crippen LogP contribution in [0.5, 0.6) is 0 Å². The maximum Gasteiger partial charge on any atom is 0.251 e. The normalized spacial score (nSPS) is 11.2. The van der Waals surface area contributed by atoms with E-state index in [2.05, 4.69) is 26.6 Å². The van der Waals surface area contributed by atoms with Crippen molar-refractivity contribution >= 4 is 40.2 Å². The Labute approximate surface area is 145 Å². The first kappa shape index (κ1) is 20.9. The van der Waals surface area contributed by atoms with Gasteiger partial charge in [0, 0.05) is 35.6 Å². The molecule has 0 aliphatic heterocycles. The van der Waals surface area contributed by atoms with Crippen molar-refractivity contribution < 1.29 is 9.59 Å². The lowest BCUT2D eigenvalue weighted by Crippen LogP contribution is -2.30. The molecule has 0 saturated heterocycles. The first-order valence-electron chi connectivity index (χ1n) is 7.05. The first-order valence-corrected chi connectivity index (χ1v) is 7.84. The Kier molecular flexibility index (Phi) is 10.9. The van der Waals surface area contributed by atoms with E-state index in [-0.39, 0.29) is 30.3 Å². The summed E-state index contributed by atoms with van der Waals surface area (Å²) in [6, 6.07) is 7.26. The van der Waals surface area contributed by atoms with Crippen LogP contribution in [-0.4, -0.2) is 30.9 Å². The molecule has 5 nitrogen and oxygen atoms in total. The molecule has 0 fully saturated rings. The van der Waals surface area contributed by atoms with Crippen molar-refractivity contribution in [2.24, 2.45) is 5.73 Å². The van der Waals surface area contributed by atoms with Crippen LogP contribution in [0.15, 0.2) is 28.7 Å². The Morgan fingerprint density at radius 2 is 1.95 bits per heavy atom. The topological polar surface area (TPSA) is 84.2 Å². The molecule has 1 aromatic carbocycles. The van der Waals surface area contributed by atoms with Gasteiger partial charge >= 0.3 is 0 Å². The van der Waals surface area contributed by atoms with Crippen LogP contribution in [0.25, 0.3) is 0 Å². The molecule has 124 valence electrons. The van der Waals surface area contributed by atoms with Crippen molar-refractivity contribution in [2.45, 2.75) is 32.2 Å². The van der Waals surface area contributed by atoms with E-state index in [1.165, 1.54) is 0 Å². The molecule has 1 aromatic rings. The van der Waals surface area contributed by atoms with Gasteiger partial charge in [-0.05, 0) is 38.0 Å². The van der Waals surface area contributed by atoms with Crippen LogP contribution in [0.1, 0.15) is 36.5 Å². The number of nitrogens with two attached hydrogens (primary N) is 1. The number of rotatable bonds is 8. The predicted octanol–water partition coefficient (Wildman–Crippen LogP) is 2.23. The van der Waals surface area contributed by atoms with Gasteiger partial charge in [0.2, 0.25) is 5.91 Å². The number of hydrogen-bond acceptors (Lipinski definition) is 3. The molecule has 1 atom stereocenters. The molecule has 1 unspecified atom stereocenters. The fourth-order valence-electron chi connectivity index (χ4n) is 1.70. The van der Waals surface area contributed by atoms with Crippen LogP contribution >= 0.6 is 28.3 Å². The summed E-state index contributed by atoms with van der Waals surface area (Å²) >= 11 is 3.33. The standard InChI is InChI=1S/C15H22BrN3O2.ClH/c1-11(17)6-7-14(20)18-8-3-9-19-15(21)12-4-2-5-13(16)10-12;/h2,4-5,10-11H,3,6-9,17H2,1H3,(H,18,20)(H,19,21);1H. The minimum atomic E-state index is -0.111. The van der Waals surface area contributed by atoms with Crippen LogP contribution in [0, 0.1) is 0 Å². The number of carbonyl (C=O) groups is 2. The molecule has 0 heterocycles. The second-order valence-corrected chi connectivity index (χ2v) is 5.90. The molecule has 0 aliphatic rings. The molecular weight excluding hydrogens is 370 g/mol. The Balaban J connectivity index is 0.00000441. The van der Waals surface area contributed by atoms with E-state index in [9.17, 15) is 9.59 Å². The van der Waals surface area contributed by atoms with Gasteiger partial charge in [0.05, 0.1) is 0 Å². The minimum absolute atomic E-state index is 0. The van der Waals surface area contributed by atoms with Crippen LogP contribution in [0.2, 0.25) is 0 Å². The molecule has 0 aliphatic carbocycles. The van der Waals surface area contributed by atoms with Crippen molar-refractivity contribution in [3.63, 3.8) is 0 Å². The fourth-order valence-corrected chi connectivity index (χ4v) is 2.10. The van der Waals surface area contributed by atoms with Gasteiger partial charge in [-0.2, -0.15) is 0 Å². The van der Waals surface area contributed by atoms with Crippen molar-refractivity contribution in [3.05, 3.63) is 34.3 Å². The molecule has 4 N–H and O–H groups in total. The number of halogens is 2. The first-order chi connectivity index (χ1) is 9.99. The van der Waals surface area contributed by atoms with Gasteiger partial charge in [0.25, 0.3) is 5.91 Å². The molecular formula is C15H23BrClN3O2. The summed E-state index contributed by atoms with van der Waals surface area (Å²) < 4.78 is 0.872. The van der Waals surface area contributed by atoms with Crippen molar-refractivity contribution in [2.75, 3.05) is 13.1 Å². The second kappa shape index (κ2) is 11.5. The van der Waals surface area contributed by atoms with Crippen LogP contribution in [0.3, 0.4) is 0 Å². The highest BCUT2D eigenvalue weighted by atomic mass is 79.9. The Bertz CT molecular complexity index is 484. The number of carbonyl (C=O) groups excluding carboxylic acids is 2. The molecule has 1 rings (SSSR count). The van der Waals surface area contributed by atoms with Gasteiger partial charge in [0.15, 0.2) is 0 Å². The maximum atomic E-state index is 11.8. The zero-order valence-corrected chi connectivity index (χ0v) is 15.0. The van der Waals surface area contributed by atoms with Crippen LogP contribution in [-0.2, 0) is 4.79 Å². The zero-order valence-electron chi connectivity index (χ0n) is 12.6. The second-order valence-electron chi connectivity index (χ2n) is 4.99. The average Bonchev–Trinajstić information content (AvgIpc) is 2.44. The third kappa shape index (κ3) is 9.02. The molecule has 7 heteroatoms. The molecule has 22 heavy (non-hydrogen) atoms. The van der Waals surface area contributed by atoms with E-state index in [1.807, 2.05) is 19.1 Å². The summed E-state index contributed by atoms with van der Waals surface area (Å²) in [7, 11) is 0. The zero-order chi connectivity index (χ0) is 15.7. The van der Waals surface area contributed by atoms with Gasteiger partial charge in [-0.1, -0.05) is 22.0 Å². The SMILES string of the molecule is CC(N)CCC(=O)NCCCNC(=O)c1cccc(Br)c1.Cl.